The molecule has 0 bridgehead atoms. The van der Waals surface area contributed by atoms with Gasteiger partial charge < -0.3 is 5.32 Å². The molecular formula is C16H15Cl2NO. The van der Waals surface area contributed by atoms with Crippen molar-refractivity contribution in [3.8, 4) is 11.1 Å². The number of amides is 1. The molecule has 0 fully saturated rings. The molecule has 2 aromatic rings. The first-order chi connectivity index (χ1) is 9.49. The Morgan fingerprint density at radius 2 is 1.75 bits per heavy atom. The predicted octanol–water partition coefficient (Wildman–Crippen LogP) is 5.25. The van der Waals surface area contributed by atoms with E-state index in [0.717, 1.165) is 16.8 Å². The second kappa shape index (κ2) is 6.29. The van der Waals surface area contributed by atoms with Crippen molar-refractivity contribution >= 4 is 34.8 Å². The Morgan fingerprint density at radius 3 is 2.40 bits per heavy atom. The number of halogens is 2. The topological polar surface area (TPSA) is 29.1 Å². The van der Waals surface area contributed by atoms with Crippen LogP contribution < -0.4 is 5.32 Å². The molecule has 2 rings (SSSR count). The summed E-state index contributed by atoms with van der Waals surface area (Å²) >= 11 is 12.0. The highest BCUT2D eigenvalue weighted by atomic mass is 35.5. The van der Waals surface area contributed by atoms with Crippen molar-refractivity contribution in [3.63, 3.8) is 0 Å². The highest BCUT2D eigenvalue weighted by molar-refractivity contribution is 6.42. The minimum Gasteiger partial charge on any atom is -0.325 e. The maximum absolute atomic E-state index is 11.9. The Hall–Kier alpha value is -1.51. The molecule has 2 aromatic carbocycles. The van der Waals surface area contributed by atoms with E-state index in [1.54, 1.807) is 12.1 Å². The normalized spacial score (nSPS) is 10.7. The summed E-state index contributed by atoms with van der Waals surface area (Å²) in [7, 11) is 0. The molecule has 0 saturated heterocycles. The quantitative estimate of drug-likeness (QED) is 0.824. The lowest BCUT2D eigenvalue weighted by atomic mass is 10.0. The number of carbonyl (C=O) groups is 1. The number of rotatable bonds is 3. The van der Waals surface area contributed by atoms with E-state index >= 15 is 0 Å². The molecule has 20 heavy (non-hydrogen) atoms. The van der Waals surface area contributed by atoms with Gasteiger partial charge >= 0.3 is 0 Å². The Labute approximate surface area is 128 Å². The van der Waals surface area contributed by atoms with Crippen LogP contribution in [-0.2, 0) is 4.79 Å². The van der Waals surface area contributed by atoms with Gasteiger partial charge in [0, 0.05) is 17.2 Å². The Morgan fingerprint density at radius 1 is 1.05 bits per heavy atom. The summed E-state index contributed by atoms with van der Waals surface area (Å²) in [6.45, 7) is 3.72. The minimum absolute atomic E-state index is 0.0162. The van der Waals surface area contributed by atoms with Crippen molar-refractivity contribution in [1.29, 1.82) is 0 Å². The van der Waals surface area contributed by atoms with Gasteiger partial charge in [-0.3, -0.25) is 4.79 Å². The molecule has 0 heterocycles. The Balaban J connectivity index is 2.41. The average molecular weight is 308 g/mol. The molecule has 0 aromatic heterocycles. The Kier molecular flexibility index (Phi) is 4.69. The summed E-state index contributed by atoms with van der Waals surface area (Å²) in [6, 6.07) is 13.0. The molecule has 0 unspecified atom stereocenters. The van der Waals surface area contributed by atoms with Gasteiger partial charge in [0.1, 0.15) is 0 Å². The third-order valence-corrected chi connectivity index (χ3v) is 3.68. The first kappa shape index (κ1) is 14.9. The molecule has 0 radical (unpaired) electrons. The fraction of sp³-hybridized carbons (Fsp3) is 0.188. The third kappa shape index (κ3) is 3.33. The molecule has 104 valence electrons. The second-order valence-corrected chi connectivity index (χ2v) is 5.63. The smallest absolute Gasteiger partial charge is 0.226 e. The number of nitrogens with one attached hydrogen (secondary N) is 1. The summed E-state index contributed by atoms with van der Waals surface area (Å²) < 4.78 is 0. The van der Waals surface area contributed by atoms with Crippen LogP contribution in [-0.4, -0.2) is 5.91 Å². The van der Waals surface area contributed by atoms with E-state index in [9.17, 15) is 4.79 Å². The number of para-hydroxylation sites is 1. The zero-order valence-electron chi connectivity index (χ0n) is 11.3. The van der Waals surface area contributed by atoms with Gasteiger partial charge in [-0.15, -0.1) is 0 Å². The Bertz CT molecular complexity index is 638. The van der Waals surface area contributed by atoms with E-state index in [2.05, 4.69) is 5.32 Å². The fourth-order valence-electron chi connectivity index (χ4n) is 1.78. The van der Waals surface area contributed by atoms with E-state index in [4.69, 9.17) is 23.2 Å². The second-order valence-electron chi connectivity index (χ2n) is 4.82. The molecular weight excluding hydrogens is 293 g/mol. The molecule has 1 amide bonds. The predicted molar refractivity (Wildman–Crippen MR) is 85.4 cm³/mol. The largest absolute Gasteiger partial charge is 0.325 e. The van der Waals surface area contributed by atoms with Crippen LogP contribution in [0, 0.1) is 5.92 Å². The standard InChI is InChI=1S/C16H15Cl2NO/c1-10(2)16(20)19-15-6-4-3-5-12(15)11-7-8-13(17)14(18)9-11/h3-10H,1-2H3,(H,19,20). The van der Waals surface area contributed by atoms with Crippen molar-refractivity contribution in [2.24, 2.45) is 5.92 Å². The monoisotopic (exact) mass is 307 g/mol. The maximum Gasteiger partial charge on any atom is 0.226 e. The SMILES string of the molecule is CC(C)C(=O)Nc1ccccc1-c1ccc(Cl)c(Cl)c1. The van der Waals surface area contributed by atoms with Gasteiger partial charge in [-0.2, -0.15) is 0 Å². The minimum atomic E-state index is -0.0724. The molecule has 2 nitrogen and oxygen atoms in total. The average Bonchev–Trinajstić information content (AvgIpc) is 2.42. The van der Waals surface area contributed by atoms with E-state index < -0.39 is 0 Å². The van der Waals surface area contributed by atoms with Gasteiger partial charge in [-0.1, -0.05) is 61.3 Å². The van der Waals surface area contributed by atoms with Crippen LogP contribution in [0.25, 0.3) is 11.1 Å². The first-order valence-corrected chi connectivity index (χ1v) is 7.10. The number of benzene rings is 2. The van der Waals surface area contributed by atoms with Crippen LogP contribution in [0.2, 0.25) is 10.0 Å². The summed E-state index contributed by atoms with van der Waals surface area (Å²) in [5.74, 6) is -0.0885. The molecule has 0 atom stereocenters. The van der Waals surface area contributed by atoms with Crippen LogP contribution in [0.1, 0.15) is 13.8 Å². The molecule has 0 spiro atoms. The van der Waals surface area contributed by atoms with Crippen LogP contribution in [0.3, 0.4) is 0 Å². The zero-order valence-corrected chi connectivity index (χ0v) is 12.8. The van der Waals surface area contributed by atoms with Crippen molar-refractivity contribution in [3.05, 3.63) is 52.5 Å². The maximum atomic E-state index is 11.9. The lowest BCUT2D eigenvalue weighted by Gasteiger charge is -2.13. The summed E-state index contributed by atoms with van der Waals surface area (Å²) in [5.41, 5.74) is 2.60. The van der Waals surface area contributed by atoms with Gasteiger partial charge in [0.2, 0.25) is 5.91 Å². The van der Waals surface area contributed by atoms with Gasteiger partial charge in [-0.25, -0.2) is 0 Å². The number of hydrogen-bond acceptors (Lipinski definition) is 1. The lowest BCUT2D eigenvalue weighted by Crippen LogP contribution is -2.18. The van der Waals surface area contributed by atoms with Crippen LogP contribution >= 0.6 is 23.2 Å². The highest BCUT2D eigenvalue weighted by Crippen LogP contribution is 2.32. The fourth-order valence-corrected chi connectivity index (χ4v) is 2.08. The first-order valence-electron chi connectivity index (χ1n) is 6.34. The summed E-state index contributed by atoms with van der Waals surface area (Å²) in [4.78, 5) is 11.9. The molecule has 0 aliphatic rings. The van der Waals surface area contributed by atoms with Crippen molar-refractivity contribution in [2.75, 3.05) is 5.32 Å². The highest BCUT2D eigenvalue weighted by Gasteiger charge is 2.11. The van der Waals surface area contributed by atoms with Crippen LogP contribution in [0.15, 0.2) is 42.5 Å². The number of anilines is 1. The lowest BCUT2D eigenvalue weighted by molar-refractivity contribution is -0.118. The molecule has 0 aliphatic carbocycles. The van der Waals surface area contributed by atoms with E-state index in [-0.39, 0.29) is 11.8 Å². The van der Waals surface area contributed by atoms with Gasteiger partial charge in [0.15, 0.2) is 0 Å². The van der Waals surface area contributed by atoms with Crippen LogP contribution in [0.5, 0.6) is 0 Å². The van der Waals surface area contributed by atoms with Crippen molar-refractivity contribution in [1.82, 2.24) is 0 Å². The molecule has 1 N–H and O–H groups in total. The summed E-state index contributed by atoms with van der Waals surface area (Å²) in [5, 5.41) is 3.94. The molecule has 4 heteroatoms. The summed E-state index contributed by atoms with van der Waals surface area (Å²) in [6.07, 6.45) is 0. The van der Waals surface area contributed by atoms with Crippen molar-refractivity contribution < 1.29 is 4.79 Å². The van der Waals surface area contributed by atoms with Gasteiger partial charge in [0.05, 0.1) is 10.0 Å². The van der Waals surface area contributed by atoms with Crippen molar-refractivity contribution in [2.45, 2.75) is 13.8 Å². The molecule has 0 aliphatic heterocycles. The van der Waals surface area contributed by atoms with Gasteiger partial charge in [-0.05, 0) is 23.8 Å². The van der Waals surface area contributed by atoms with E-state index in [0.29, 0.717) is 10.0 Å². The molecule has 0 saturated carbocycles. The zero-order chi connectivity index (χ0) is 14.7. The third-order valence-electron chi connectivity index (χ3n) is 2.94. The van der Waals surface area contributed by atoms with Gasteiger partial charge in [0.25, 0.3) is 0 Å². The van der Waals surface area contributed by atoms with Crippen LogP contribution in [0.4, 0.5) is 5.69 Å². The number of hydrogen-bond donors (Lipinski definition) is 1. The number of carbonyl (C=O) groups excluding carboxylic acids is 1. The van der Waals surface area contributed by atoms with E-state index in [1.807, 2.05) is 44.2 Å². The van der Waals surface area contributed by atoms with E-state index in [1.165, 1.54) is 0 Å².